The van der Waals surface area contributed by atoms with Crippen LogP contribution in [-0.4, -0.2) is 47.4 Å². The number of carbonyl (C=O) groups is 4. The van der Waals surface area contributed by atoms with Gasteiger partial charge in [-0.05, 0) is 12.3 Å². The van der Waals surface area contributed by atoms with Gasteiger partial charge in [-0.2, -0.15) is 0 Å². The molecular weight excluding hydrogens is 280 g/mol. The zero-order valence-electron chi connectivity index (χ0n) is 12.1. The van der Waals surface area contributed by atoms with Gasteiger partial charge in [0.1, 0.15) is 12.6 Å². The highest BCUT2D eigenvalue weighted by atomic mass is 16.4. The topological polar surface area (TPSA) is 165 Å². The quantitative estimate of drug-likeness (QED) is 0.328. The Morgan fingerprint density at radius 2 is 1.71 bits per heavy atom. The summed E-state index contributed by atoms with van der Waals surface area (Å²) in [7, 11) is 0. The number of hydrogen-bond donors (Lipinski definition) is 5. The second-order valence-corrected chi connectivity index (χ2v) is 4.95. The molecule has 0 bridgehead atoms. The summed E-state index contributed by atoms with van der Waals surface area (Å²) in [5.41, 5.74) is 10.7. The third-order valence-electron chi connectivity index (χ3n) is 2.75. The molecule has 0 aromatic heterocycles. The number of nitrogens with two attached hydrogens (primary N) is 2. The molecule has 0 aliphatic heterocycles. The minimum absolute atomic E-state index is 0.0304. The van der Waals surface area contributed by atoms with Crippen LogP contribution >= 0.6 is 0 Å². The van der Waals surface area contributed by atoms with Crippen LogP contribution in [0.2, 0.25) is 0 Å². The first-order chi connectivity index (χ1) is 9.65. The molecular formula is C12H22N4O5. The predicted octanol–water partition coefficient (Wildman–Crippen LogP) is -2.08. The zero-order valence-corrected chi connectivity index (χ0v) is 12.1. The van der Waals surface area contributed by atoms with Crippen molar-refractivity contribution in [1.82, 2.24) is 10.6 Å². The van der Waals surface area contributed by atoms with Crippen molar-refractivity contribution < 1.29 is 24.3 Å². The van der Waals surface area contributed by atoms with Gasteiger partial charge >= 0.3 is 5.97 Å². The van der Waals surface area contributed by atoms with Crippen LogP contribution in [0.5, 0.6) is 0 Å². The van der Waals surface area contributed by atoms with E-state index in [2.05, 4.69) is 10.6 Å². The van der Waals surface area contributed by atoms with E-state index in [9.17, 15) is 19.2 Å². The van der Waals surface area contributed by atoms with Crippen molar-refractivity contribution in [1.29, 1.82) is 0 Å². The number of nitrogens with one attached hydrogen (secondary N) is 2. The van der Waals surface area contributed by atoms with Crippen molar-refractivity contribution in [2.75, 3.05) is 6.54 Å². The van der Waals surface area contributed by atoms with E-state index < -0.39 is 42.3 Å². The van der Waals surface area contributed by atoms with Gasteiger partial charge in [0.25, 0.3) is 0 Å². The molecule has 0 saturated heterocycles. The van der Waals surface area contributed by atoms with Gasteiger partial charge in [-0.25, -0.2) is 0 Å². The largest absolute Gasteiger partial charge is 0.480 e. The number of hydrogen-bond acceptors (Lipinski definition) is 5. The maximum Gasteiger partial charge on any atom is 0.322 e. The molecule has 2 atom stereocenters. The van der Waals surface area contributed by atoms with Crippen LogP contribution in [0, 0.1) is 5.92 Å². The molecule has 0 fully saturated rings. The lowest BCUT2D eigenvalue weighted by atomic mass is 10.0. The van der Waals surface area contributed by atoms with Crippen molar-refractivity contribution in [2.24, 2.45) is 17.4 Å². The third-order valence-corrected chi connectivity index (χ3v) is 2.75. The molecule has 0 aliphatic carbocycles. The normalized spacial score (nSPS) is 13.3. The number of carboxylic acid groups (broad SMARTS) is 1. The van der Waals surface area contributed by atoms with Crippen LogP contribution in [0.15, 0.2) is 0 Å². The summed E-state index contributed by atoms with van der Waals surface area (Å²) in [6.07, 6.45) is -0.153. The summed E-state index contributed by atoms with van der Waals surface area (Å²) in [4.78, 5) is 44.8. The fourth-order valence-electron chi connectivity index (χ4n) is 1.41. The molecule has 0 saturated carbocycles. The van der Waals surface area contributed by atoms with Crippen LogP contribution in [-0.2, 0) is 19.2 Å². The first kappa shape index (κ1) is 18.8. The Kier molecular flexibility index (Phi) is 7.99. The molecule has 9 nitrogen and oxygen atoms in total. The standard InChI is InChI=1S/C12H22N4O5/c1-6(2)10(14)12(21)16-7(3-4-8(13)17)11(20)15-5-9(18)19/h6-7,10H,3-5,14H2,1-2H3,(H2,13,17)(H,15,20)(H,16,21)(H,18,19)/t7-,10-/m0/s1. The zero-order chi connectivity index (χ0) is 16.6. The molecule has 9 heteroatoms. The maximum absolute atomic E-state index is 11.8. The Labute approximate surface area is 122 Å². The van der Waals surface area contributed by atoms with Crippen molar-refractivity contribution in [3.63, 3.8) is 0 Å². The SMILES string of the molecule is CC(C)[C@H](N)C(=O)N[C@@H](CCC(N)=O)C(=O)NCC(=O)O. The summed E-state index contributed by atoms with van der Waals surface area (Å²) in [6, 6.07) is -1.87. The van der Waals surface area contributed by atoms with E-state index >= 15 is 0 Å². The lowest BCUT2D eigenvalue weighted by Crippen LogP contribution is -2.53. The van der Waals surface area contributed by atoms with E-state index in [4.69, 9.17) is 16.6 Å². The predicted molar refractivity (Wildman–Crippen MR) is 73.8 cm³/mol. The third kappa shape index (κ3) is 7.88. The molecule has 0 spiro atoms. The van der Waals surface area contributed by atoms with Gasteiger partial charge in [0.05, 0.1) is 6.04 Å². The Hall–Kier alpha value is -2.16. The first-order valence-electron chi connectivity index (χ1n) is 6.49. The van der Waals surface area contributed by atoms with Gasteiger partial charge in [-0.15, -0.1) is 0 Å². The molecule has 0 aliphatic rings. The van der Waals surface area contributed by atoms with Crippen molar-refractivity contribution in [3.05, 3.63) is 0 Å². The number of rotatable bonds is 9. The molecule has 0 aromatic carbocycles. The van der Waals surface area contributed by atoms with Gasteiger partial charge < -0.3 is 27.2 Å². The fraction of sp³-hybridized carbons (Fsp3) is 0.667. The summed E-state index contributed by atoms with van der Waals surface area (Å²) in [5, 5.41) is 13.0. The molecule has 7 N–H and O–H groups in total. The summed E-state index contributed by atoms with van der Waals surface area (Å²) < 4.78 is 0. The molecule has 21 heavy (non-hydrogen) atoms. The molecule has 0 heterocycles. The highest BCUT2D eigenvalue weighted by Gasteiger charge is 2.25. The maximum atomic E-state index is 11.8. The highest BCUT2D eigenvalue weighted by molar-refractivity contribution is 5.91. The fourth-order valence-corrected chi connectivity index (χ4v) is 1.41. The number of aliphatic carboxylic acids is 1. The van der Waals surface area contributed by atoms with E-state index in [1.54, 1.807) is 13.8 Å². The van der Waals surface area contributed by atoms with Gasteiger partial charge in [0, 0.05) is 6.42 Å². The first-order valence-corrected chi connectivity index (χ1v) is 6.49. The summed E-state index contributed by atoms with van der Waals surface area (Å²) >= 11 is 0. The van der Waals surface area contributed by atoms with E-state index in [1.807, 2.05) is 0 Å². The Balaban J connectivity index is 4.72. The van der Waals surface area contributed by atoms with Crippen LogP contribution < -0.4 is 22.1 Å². The second-order valence-electron chi connectivity index (χ2n) is 4.95. The molecule has 0 aromatic rings. The second kappa shape index (κ2) is 8.90. The highest BCUT2D eigenvalue weighted by Crippen LogP contribution is 2.02. The summed E-state index contributed by atoms with van der Waals surface area (Å²) in [6.45, 7) is 2.90. The van der Waals surface area contributed by atoms with Crippen molar-refractivity contribution in [3.8, 4) is 0 Å². The smallest absolute Gasteiger partial charge is 0.322 e. The minimum Gasteiger partial charge on any atom is -0.480 e. The van der Waals surface area contributed by atoms with Gasteiger partial charge in [0.2, 0.25) is 17.7 Å². The number of carboxylic acids is 1. The van der Waals surface area contributed by atoms with E-state index in [0.717, 1.165) is 0 Å². The van der Waals surface area contributed by atoms with E-state index in [-0.39, 0.29) is 18.8 Å². The number of primary amides is 1. The van der Waals surface area contributed by atoms with Crippen LogP contribution in [0.25, 0.3) is 0 Å². The minimum atomic E-state index is -1.22. The molecule has 120 valence electrons. The van der Waals surface area contributed by atoms with Crippen LogP contribution in [0.3, 0.4) is 0 Å². The molecule has 0 radical (unpaired) electrons. The van der Waals surface area contributed by atoms with Crippen molar-refractivity contribution >= 4 is 23.7 Å². The monoisotopic (exact) mass is 302 g/mol. The average Bonchev–Trinajstić information content (AvgIpc) is 2.38. The number of amides is 3. The Morgan fingerprint density at radius 1 is 1.14 bits per heavy atom. The molecule has 0 unspecified atom stereocenters. The lowest BCUT2D eigenvalue weighted by Gasteiger charge is -2.21. The molecule has 0 rings (SSSR count). The molecule has 3 amide bonds. The van der Waals surface area contributed by atoms with Crippen LogP contribution in [0.1, 0.15) is 26.7 Å². The van der Waals surface area contributed by atoms with E-state index in [0.29, 0.717) is 0 Å². The van der Waals surface area contributed by atoms with Gasteiger partial charge in [-0.1, -0.05) is 13.8 Å². The van der Waals surface area contributed by atoms with Crippen molar-refractivity contribution in [2.45, 2.75) is 38.8 Å². The van der Waals surface area contributed by atoms with Gasteiger partial charge in [0.15, 0.2) is 0 Å². The average molecular weight is 302 g/mol. The van der Waals surface area contributed by atoms with Crippen LogP contribution in [0.4, 0.5) is 0 Å². The van der Waals surface area contributed by atoms with E-state index in [1.165, 1.54) is 0 Å². The van der Waals surface area contributed by atoms with Gasteiger partial charge in [-0.3, -0.25) is 19.2 Å². The Morgan fingerprint density at radius 3 is 2.14 bits per heavy atom. The Bertz CT molecular complexity index is 410. The number of carbonyl (C=O) groups excluding carboxylic acids is 3. The summed E-state index contributed by atoms with van der Waals surface area (Å²) in [5.74, 6) is -3.24. The lowest BCUT2D eigenvalue weighted by molar-refractivity contribution is -0.138.